The van der Waals surface area contributed by atoms with Crippen LogP contribution in [0.15, 0.2) is 24.3 Å². The van der Waals surface area contributed by atoms with Gasteiger partial charge in [0, 0.05) is 0 Å². The van der Waals surface area contributed by atoms with Crippen LogP contribution in [0.5, 0.6) is 0 Å². The SMILES string of the molecule is O=C(O)c1ccc(C(=O)O)cc1.[Li+].[OH-]. The Hall–Kier alpha value is -1.28. The maximum atomic E-state index is 10.3. The van der Waals surface area contributed by atoms with Crippen LogP contribution in [0.25, 0.3) is 0 Å². The van der Waals surface area contributed by atoms with Gasteiger partial charge in [-0.25, -0.2) is 9.59 Å². The summed E-state index contributed by atoms with van der Waals surface area (Å²) in [4.78, 5) is 20.7. The summed E-state index contributed by atoms with van der Waals surface area (Å²) in [6.45, 7) is 0. The van der Waals surface area contributed by atoms with Crippen LogP contribution in [0, 0.1) is 0 Å². The molecule has 5 nitrogen and oxygen atoms in total. The maximum Gasteiger partial charge on any atom is 1.00 e. The summed E-state index contributed by atoms with van der Waals surface area (Å²) in [7, 11) is 0. The minimum Gasteiger partial charge on any atom is -0.870 e. The van der Waals surface area contributed by atoms with Gasteiger partial charge >= 0.3 is 30.8 Å². The molecule has 6 heteroatoms. The fourth-order valence-corrected chi connectivity index (χ4v) is 0.755. The Morgan fingerprint density at radius 2 is 1.07 bits per heavy atom. The zero-order valence-corrected chi connectivity index (χ0v) is 7.47. The monoisotopic (exact) mass is 190 g/mol. The number of rotatable bonds is 2. The van der Waals surface area contributed by atoms with Gasteiger partial charge in [0.15, 0.2) is 0 Å². The summed E-state index contributed by atoms with van der Waals surface area (Å²) in [6, 6.07) is 5.02. The van der Waals surface area contributed by atoms with E-state index in [-0.39, 0.29) is 35.5 Å². The number of carbonyl (C=O) groups is 2. The molecule has 0 heterocycles. The summed E-state index contributed by atoms with van der Waals surface area (Å²) in [5.41, 5.74) is 0.167. The Morgan fingerprint density at radius 3 is 1.21 bits per heavy atom. The summed E-state index contributed by atoms with van der Waals surface area (Å²) in [5, 5.41) is 16.9. The number of carboxylic acid groups (broad SMARTS) is 2. The quantitative estimate of drug-likeness (QED) is 0.520. The summed E-state index contributed by atoms with van der Waals surface area (Å²) in [5.74, 6) is -2.13. The first-order chi connectivity index (χ1) is 5.61. The largest absolute Gasteiger partial charge is 1.00 e. The van der Waals surface area contributed by atoms with Gasteiger partial charge < -0.3 is 15.7 Å². The van der Waals surface area contributed by atoms with Gasteiger partial charge in [-0.15, -0.1) is 0 Å². The van der Waals surface area contributed by atoms with Crippen LogP contribution in [-0.2, 0) is 0 Å². The summed E-state index contributed by atoms with van der Waals surface area (Å²) >= 11 is 0. The predicted molar refractivity (Wildman–Crippen MR) is 42.3 cm³/mol. The van der Waals surface area contributed by atoms with E-state index < -0.39 is 11.9 Å². The van der Waals surface area contributed by atoms with Crippen molar-refractivity contribution in [2.75, 3.05) is 0 Å². The van der Waals surface area contributed by atoms with Crippen molar-refractivity contribution < 1.29 is 44.1 Å². The van der Waals surface area contributed by atoms with Gasteiger partial charge in [-0.05, 0) is 24.3 Å². The molecule has 1 aromatic carbocycles. The zero-order chi connectivity index (χ0) is 9.14. The normalized spacial score (nSPS) is 8.00. The third-order valence-electron chi connectivity index (χ3n) is 1.38. The molecule has 0 fully saturated rings. The molecule has 14 heavy (non-hydrogen) atoms. The molecule has 0 aliphatic carbocycles. The van der Waals surface area contributed by atoms with Crippen LogP contribution in [0.1, 0.15) is 20.7 Å². The van der Waals surface area contributed by atoms with Crippen molar-refractivity contribution in [2.45, 2.75) is 0 Å². The van der Waals surface area contributed by atoms with Gasteiger partial charge in [0.2, 0.25) is 0 Å². The van der Waals surface area contributed by atoms with E-state index in [4.69, 9.17) is 10.2 Å². The van der Waals surface area contributed by atoms with Crippen molar-refractivity contribution in [3.63, 3.8) is 0 Å². The number of aromatic carboxylic acids is 2. The van der Waals surface area contributed by atoms with Crippen molar-refractivity contribution >= 4 is 11.9 Å². The molecule has 1 aromatic rings. The van der Waals surface area contributed by atoms with E-state index in [9.17, 15) is 9.59 Å². The van der Waals surface area contributed by atoms with E-state index in [0.29, 0.717) is 0 Å². The molecule has 0 unspecified atom stereocenters. The molecule has 0 atom stereocenters. The van der Waals surface area contributed by atoms with Crippen LogP contribution in [-0.4, -0.2) is 27.6 Å². The van der Waals surface area contributed by atoms with Crippen molar-refractivity contribution in [3.05, 3.63) is 35.4 Å². The Morgan fingerprint density at radius 1 is 0.857 bits per heavy atom. The van der Waals surface area contributed by atoms with Crippen molar-refractivity contribution in [1.82, 2.24) is 0 Å². The van der Waals surface area contributed by atoms with E-state index in [0.717, 1.165) is 0 Å². The van der Waals surface area contributed by atoms with E-state index in [1.165, 1.54) is 24.3 Å². The number of carboxylic acids is 2. The van der Waals surface area contributed by atoms with Crippen molar-refractivity contribution in [1.29, 1.82) is 0 Å². The van der Waals surface area contributed by atoms with Crippen molar-refractivity contribution in [2.24, 2.45) is 0 Å². The smallest absolute Gasteiger partial charge is 0.870 e. The number of benzene rings is 1. The molecule has 0 spiro atoms. The molecule has 1 rings (SSSR count). The average molecular weight is 190 g/mol. The molecule has 0 saturated carbocycles. The van der Waals surface area contributed by atoms with Gasteiger partial charge in [0.1, 0.15) is 0 Å². The van der Waals surface area contributed by atoms with E-state index in [1.54, 1.807) is 0 Å². The third-order valence-corrected chi connectivity index (χ3v) is 1.38. The molecule has 0 aliphatic rings. The second-order valence-electron chi connectivity index (χ2n) is 2.19. The Balaban J connectivity index is 0. The number of hydrogen-bond donors (Lipinski definition) is 2. The molecule has 0 radical (unpaired) electrons. The fraction of sp³-hybridized carbons (Fsp3) is 0. The van der Waals surface area contributed by atoms with Crippen LogP contribution in [0.2, 0.25) is 0 Å². The molecule has 0 aromatic heterocycles. The molecule has 0 aliphatic heterocycles. The molecule has 70 valence electrons. The standard InChI is InChI=1S/C8H6O4.Li.H2O/c9-7(10)5-1-2-6(4-3-5)8(11)12;;/h1-4H,(H,9,10)(H,11,12);;1H2/q;+1;/p-1. The zero-order valence-electron chi connectivity index (χ0n) is 7.47. The maximum absolute atomic E-state index is 10.3. The second-order valence-corrected chi connectivity index (χ2v) is 2.19. The van der Waals surface area contributed by atoms with Gasteiger partial charge in [0.05, 0.1) is 11.1 Å². The van der Waals surface area contributed by atoms with Gasteiger partial charge in [-0.3, -0.25) is 0 Å². The van der Waals surface area contributed by atoms with Crippen LogP contribution >= 0.6 is 0 Å². The first-order valence-corrected chi connectivity index (χ1v) is 3.18. The minimum atomic E-state index is -1.06. The summed E-state index contributed by atoms with van der Waals surface area (Å²) < 4.78 is 0. The van der Waals surface area contributed by atoms with Gasteiger partial charge in [-0.1, -0.05) is 0 Å². The van der Waals surface area contributed by atoms with Crippen LogP contribution in [0.3, 0.4) is 0 Å². The van der Waals surface area contributed by atoms with E-state index in [1.807, 2.05) is 0 Å². The van der Waals surface area contributed by atoms with Crippen LogP contribution < -0.4 is 18.9 Å². The molecule has 0 saturated heterocycles. The topological polar surface area (TPSA) is 105 Å². The average Bonchev–Trinajstić information content (AvgIpc) is 2.04. The molecule has 3 N–H and O–H groups in total. The Labute approximate surface area is 91.9 Å². The van der Waals surface area contributed by atoms with Gasteiger partial charge in [0.25, 0.3) is 0 Å². The minimum absolute atomic E-state index is 0. The van der Waals surface area contributed by atoms with E-state index in [2.05, 4.69) is 0 Å². The predicted octanol–water partition coefficient (Wildman–Crippen LogP) is -2.09. The summed E-state index contributed by atoms with van der Waals surface area (Å²) in [6.07, 6.45) is 0. The molecule has 0 bridgehead atoms. The Bertz CT molecular complexity index is 286. The number of hydrogen-bond acceptors (Lipinski definition) is 3. The molecular weight excluding hydrogens is 183 g/mol. The van der Waals surface area contributed by atoms with Gasteiger partial charge in [-0.2, -0.15) is 0 Å². The Kier molecular flexibility index (Phi) is 6.75. The molecular formula is C8H7LiO5. The third kappa shape index (κ3) is 3.62. The fourth-order valence-electron chi connectivity index (χ4n) is 0.755. The molecule has 0 amide bonds. The second kappa shape index (κ2) is 6.21. The van der Waals surface area contributed by atoms with E-state index >= 15 is 0 Å². The van der Waals surface area contributed by atoms with Crippen LogP contribution in [0.4, 0.5) is 0 Å². The first-order valence-electron chi connectivity index (χ1n) is 3.18. The van der Waals surface area contributed by atoms with Crippen molar-refractivity contribution in [3.8, 4) is 0 Å². The first kappa shape index (κ1) is 15.2.